The van der Waals surface area contributed by atoms with E-state index in [1.54, 1.807) is 17.7 Å². The Bertz CT molecular complexity index is 977. The summed E-state index contributed by atoms with van der Waals surface area (Å²) in [7, 11) is 3.61. The molecule has 2 heterocycles. The second-order valence-electron chi connectivity index (χ2n) is 5.98. The number of para-hydroxylation sites is 1. The number of pyridine rings is 1. The molecular formula is C17H17N3O2. The number of carbonyl (C=O) groups excluding carboxylic acids is 1. The van der Waals surface area contributed by atoms with E-state index < -0.39 is 0 Å². The molecule has 0 unspecified atom stereocenters. The number of rotatable bonds is 2. The van der Waals surface area contributed by atoms with Gasteiger partial charge >= 0.3 is 0 Å². The van der Waals surface area contributed by atoms with Crippen LogP contribution in [0.1, 0.15) is 23.3 Å². The third kappa shape index (κ3) is 1.78. The summed E-state index contributed by atoms with van der Waals surface area (Å²) < 4.78 is 3.47. The Labute approximate surface area is 127 Å². The second-order valence-corrected chi connectivity index (χ2v) is 5.98. The molecule has 1 fully saturated rings. The lowest BCUT2D eigenvalue weighted by molar-refractivity contribution is 0.0943. The van der Waals surface area contributed by atoms with Gasteiger partial charge in [-0.25, -0.2) is 0 Å². The van der Waals surface area contributed by atoms with E-state index >= 15 is 0 Å². The summed E-state index contributed by atoms with van der Waals surface area (Å²) in [5.74, 6) is -0.104. The van der Waals surface area contributed by atoms with E-state index in [0.29, 0.717) is 17.1 Å². The van der Waals surface area contributed by atoms with Crippen LogP contribution in [0.5, 0.6) is 0 Å². The summed E-state index contributed by atoms with van der Waals surface area (Å²) in [5, 5.41) is 4.55. The highest BCUT2D eigenvalue weighted by atomic mass is 16.2. The highest BCUT2D eigenvalue weighted by Crippen LogP contribution is 2.26. The van der Waals surface area contributed by atoms with Gasteiger partial charge in [0.15, 0.2) is 0 Å². The van der Waals surface area contributed by atoms with Crippen molar-refractivity contribution in [1.29, 1.82) is 0 Å². The van der Waals surface area contributed by atoms with Crippen molar-refractivity contribution in [2.75, 3.05) is 0 Å². The van der Waals surface area contributed by atoms with Gasteiger partial charge in [-0.3, -0.25) is 9.59 Å². The number of amides is 1. The molecule has 1 N–H and O–H groups in total. The van der Waals surface area contributed by atoms with E-state index in [2.05, 4.69) is 5.32 Å². The molecule has 0 atom stereocenters. The van der Waals surface area contributed by atoms with E-state index in [1.165, 1.54) is 0 Å². The first-order valence-corrected chi connectivity index (χ1v) is 7.46. The molecule has 1 aliphatic carbocycles. The SMILES string of the molecule is Cn1c(C(=O)NC2CC2)cc2c(=O)n(C)c3ccccc3c21. The molecule has 5 nitrogen and oxygen atoms in total. The maximum Gasteiger partial charge on any atom is 0.268 e. The van der Waals surface area contributed by atoms with E-state index in [-0.39, 0.29) is 11.5 Å². The number of benzene rings is 1. The van der Waals surface area contributed by atoms with Gasteiger partial charge in [0.1, 0.15) is 5.69 Å². The maximum atomic E-state index is 12.6. The Kier molecular flexibility index (Phi) is 2.66. The van der Waals surface area contributed by atoms with Gasteiger partial charge in [0, 0.05) is 25.5 Å². The van der Waals surface area contributed by atoms with E-state index in [9.17, 15) is 9.59 Å². The Morgan fingerprint density at radius 3 is 2.59 bits per heavy atom. The zero-order chi connectivity index (χ0) is 15.4. The highest BCUT2D eigenvalue weighted by Gasteiger charge is 2.26. The number of carbonyl (C=O) groups is 1. The normalized spacial score (nSPS) is 14.6. The van der Waals surface area contributed by atoms with Crippen molar-refractivity contribution >= 4 is 27.7 Å². The third-order valence-corrected chi connectivity index (χ3v) is 4.43. The van der Waals surface area contributed by atoms with Gasteiger partial charge in [-0.15, -0.1) is 0 Å². The largest absolute Gasteiger partial charge is 0.348 e. The zero-order valence-corrected chi connectivity index (χ0v) is 12.6. The molecule has 22 heavy (non-hydrogen) atoms. The number of nitrogens with zero attached hydrogens (tertiary/aromatic N) is 2. The molecule has 0 radical (unpaired) electrons. The lowest BCUT2D eigenvalue weighted by atomic mass is 10.1. The fourth-order valence-corrected chi connectivity index (χ4v) is 3.05. The van der Waals surface area contributed by atoms with Crippen LogP contribution < -0.4 is 10.9 Å². The fourth-order valence-electron chi connectivity index (χ4n) is 3.05. The minimum Gasteiger partial charge on any atom is -0.348 e. The lowest BCUT2D eigenvalue weighted by Gasteiger charge is -2.09. The first kappa shape index (κ1) is 13.1. The van der Waals surface area contributed by atoms with Crippen LogP contribution in [-0.4, -0.2) is 21.1 Å². The summed E-state index contributed by atoms with van der Waals surface area (Å²) in [6.45, 7) is 0. The number of fused-ring (bicyclic) bond motifs is 3. The summed E-state index contributed by atoms with van der Waals surface area (Å²) in [4.78, 5) is 25.0. The lowest BCUT2D eigenvalue weighted by Crippen LogP contribution is -2.27. The van der Waals surface area contributed by atoms with Crippen LogP contribution in [0.25, 0.3) is 21.8 Å². The number of hydrogen-bond acceptors (Lipinski definition) is 2. The van der Waals surface area contributed by atoms with Gasteiger partial charge < -0.3 is 14.5 Å². The molecule has 1 saturated carbocycles. The topological polar surface area (TPSA) is 56.0 Å². The molecule has 2 aromatic heterocycles. The molecule has 0 saturated heterocycles. The Balaban J connectivity index is 2.04. The van der Waals surface area contributed by atoms with E-state index in [4.69, 9.17) is 0 Å². The van der Waals surface area contributed by atoms with Gasteiger partial charge in [0.2, 0.25) is 0 Å². The number of nitrogens with one attached hydrogen (secondary N) is 1. The van der Waals surface area contributed by atoms with Crippen molar-refractivity contribution < 1.29 is 4.79 Å². The molecule has 0 aliphatic heterocycles. The first-order valence-electron chi connectivity index (χ1n) is 7.46. The van der Waals surface area contributed by atoms with Crippen LogP contribution >= 0.6 is 0 Å². The van der Waals surface area contributed by atoms with Crippen molar-refractivity contribution in [3.05, 3.63) is 46.4 Å². The smallest absolute Gasteiger partial charge is 0.268 e. The molecule has 3 aromatic rings. The Hall–Kier alpha value is -2.56. The molecule has 0 spiro atoms. The average molecular weight is 295 g/mol. The van der Waals surface area contributed by atoms with Gasteiger partial charge in [0.25, 0.3) is 11.5 Å². The first-order chi connectivity index (χ1) is 10.6. The number of aromatic nitrogens is 2. The molecular weight excluding hydrogens is 278 g/mol. The van der Waals surface area contributed by atoms with Gasteiger partial charge in [-0.05, 0) is 25.0 Å². The van der Waals surface area contributed by atoms with Crippen molar-refractivity contribution in [1.82, 2.24) is 14.5 Å². The van der Waals surface area contributed by atoms with Crippen LogP contribution in [0, 0.1) is 0 Å². The van der Waals surface area contributed by atoms with Gasteiger partial charge in [0.05, 0.1) is 16.4 Å². The van der Waals surface area contributed by atoms with Crippen molar-refractivity contribution in [3.8, 4) is 0 Å². The molecule has 0 bridgehead atoms. The summed E-state index contributed by atoms with van der Waals surface area (Å²) >= 11 is 0. The van der Waals surface area contributed by atoms with Crippen molar-refractivity contribution in [2.45, 2.75) is 18.9 Å². The van der Waals surface area contributed by atoms with Crippen LogP contribution in [0.3, 0.4) is 0 Å². The standard InChI is InChI=1S/C17H17N3O2/c1-19-14(16(21)18-10-7-8-10)9-12-15(19)11-5-3-4-6-13(11)20(2)17(12)22/h3-6,9-10H,7-8H2,1-2H3,(H,18,21). The quantitative estimate of drug-likeness (QED) is 0.785. The van der Waals surface area contributed by atoms with Crippen LogP contribution in [-0.2, 0) is 14.1 Å². The fraction of sp³-hybridized carbons (Fsp3) is 0.294. The van der Waals surface area contributed by atoms with Crippen molar-refractivity contribution in [3.63, 3.8) is 0 Å². The van der Waals surface area contributed by atoms with Crippen molar-refractivity contribution in [2.24, 2.45) is 14.1 Å². The molecule has 1 aromatic carbocycles. The zero-order valence-electron chi connectivity index (χ0n) is 12.6. The number of aryl methyl sites for hydroxylation is 2. The summed E-state index contributed by atoms with van der Waals surface area (Å²) in [6, 6.07) is 9.78. The van der Waals surface area contributed by atoms with Gasteiger partial charge in [-0.2, -0.15) is 0 Å². The average Bonchev–Trinajstić information content (AvgIpc) is 3.25. The number of hydrogen-bond donors (Lipinski definition) is 1. The molecule has 5 heteroatoms. The van der Waals surface area contributed by atoms with E-state index in [0.717, 1.165) is 29.3 Å². The third-order valence-electron chi connectivity index (χ3n) is 4.43. The van der Waals surface area contributed by atoms with Crippen LogP contribution in [0.4, 0.5) is 0 Å². The van der Waals surface area contributed by atoms with E-state index in [1.807, 2.05) is 35.9 Å². The Morgan fingerprint density at radius 1 is 1.14 bits per heavy atom. The molecule has 112 valence electrons. The molecule has 1 aliphatic rings. The molecule has 4 rings (SSSR count). The summed E-state index contributed by atoms with van der Waals surface area (Å²) in [6.07, 6.45) is 2.08. The van der Waals surface area contributed by atoms with Gasteiger partial charge in [-0.1, -0.05) is 18.2 Å². The Morgan fingerprint density at radius 2 is 1.86 bits per heavy atom. The maximum absolute atomic E-state index is 12.6. The van der Waals surface area contributed by atoms with Crippen LogP contribution in [0.2, 0.25) is 0 Å². The van der Waals surface area contributed by atoms with Crippen LogP contribution in [0.15, 0.2) is 35.1 Å². The second kappa shape index (κ2) is 4.47. The predicted molar refractivity (Wildman–Crippen MR) is 86.2 cm³/mol. The highest BCUT2D eigenvalue weighted by molar-refractivity contribution is 6.08. The summed E-state index contributed by atoms with van der Waals surface area (Å²) in [5.41, 5.74) is 2.15. The monoisotopic (exact) mass is 295 g/mol. The predicted octanol–water partition coefficient (Wildman–Crippen LogP) is 1.92. The molecule has 1 amide bonds. The minimum atomic E-state index is -0.104. The minimum absolute atomic E-state index is 0.0743.